The van der Waals surface area contributed by atoms with Gasteiger partial charge in [-0.15, -0.1) is 11.3 Å². The molecule has 6 nitrogen and oxygen atoms in total. The van der Waals surface area contributed by atoms with Crippen LogP contribution < -0.4 is 21.1 Å². The van der Waals surface area contributed by atoms with E-state index in [1.165, 1.54) is 16.2 Å². The minimum atomic E-state index is -0.480. The van der Waals surface area contributed by atoms with E-state index in [2.05, 4.69) is 31.4 Å². The summed E-state index contributed by atoms with van der Waals surface area (Å²) in [6.45, 7) is 8.48. The van der Waals surface area contributed by atoms with Crippen molar-refractivity contribution in [2.75, 3.05) is 11.9 Å². The van der Waals surface area contributed by atoms with Gasteiger partial charge in [-0.25, -0.2) is 0 Å². The summed E-state index contributed by atoms with van der Waals surface area (Å²) >= 11 is 6.79. The third-order valence-electron chi connectivity index (χ3n) is 5.67. The van der Waals surface area contributed by atoms with Crippen LogP contribution in [0.3, 0.4) is 0 Å². The van der Waals surface area contributed by atoms with Gasteiger partial charge in [-0.3, -0.25) is 14.9 Å². The molecule has 0 aliphatic heterocycles. The standard InChI is InChI=1S/C23H29N3O3S2/c1-13-7-5-6-8-16(13)29-12-18(27)25-22(30)26-21-19(20(24)28)15-10-9-14(23(2,3)4)11-17(15)31-21/h5-8,14H,9-12H2,1-4H3,(H2,24,28)(H2,25,26,27,30). The Balaban J connectivity index is 1.66. The molecule has 1 aromatic carbocycles. The summed E-state index contributed by atoms with van der Waals surface area (Å²) in [5.41, 5.74) is 8.32. The third kappa shape index (κ3) is 5.62. The van der Waals surface area contributed by atoms with Gasteiger partial charge in [0.1, 0.15) is 10.8 Å². The van der Waals surface area contributed by atoms with Gasteiger partial charge in [-0.1, -0.05) is 39.0 Å². The van der Waals surface area contributed by atoms with Crippen molar-refractivity contribution < 1.29 is 14.3 Å². The smallest absolute Gasteiger partial charge is 0.264 e. The Morgan fingerprint density at radius 3 is 2.65 bits per heavy atom. The van der Waals surface area contributed by atoms with Crippen LogP contribution in [0.2, 0.25) is 0 Å². The monoisotopic (exact) mass is 459 g/mol. The maximum Gasteiger partial charge on any atom is 0.264 e. The lowest BCUT2D eigenvalue weighted by atomic mass is 9.72. The highest BCUT2D eigenvalue weighted by atomic mass is 32.1. The molecular weight excluding hydrogens is 430 g/mol. The van der Waals surface area contributed by atoms with Crippen LogP contribution in [0, 0.1) is 18.3 Å². The number of benzene rings is 1. The summed E-state index contributed by atoms with van der Waals surface area (Å²) in [5, 5.41) is 6.33. The average molecular weight is 460 g/mol. The predicted molar refractivity (Wildman–Crippen MR) is 129 cm³/mol. The first-order valence-electron chi connectivity index (χ1n) is 10.3. The molecule has 4 N–H and O–H groups in total. The molecule has 0 fully saturated rings. The maximum atomic E-state index is 12.2. The summed E-state index contributed by atoms with van der Waals surface area (Å²) in [5.74, 6) is 0.325. The van der Waals surface area contributed by atoms with E-state index in [9.17, 15) is 9.59 Å². The van der Waals surface area contributed by atoms with Crippen molar-refractivity contribution in [3.8, 4) is 5.75 Å². The van der Waals surface area contributed by atoms with Gasteiger partial charge in [0.05, 0.1) is 5.56 Å². The lowest BCUT2D eigenvalue weighted by Gasteiger charge is -2.33. The van der Waals surface area contributed by atoms with E-state index < -0.39 is 5.91 Å². The minimum Gasteiger partial charge on any atom is -0.483 e. The summed E-state index contributed by atoms with van der Waals surface area (Å²) < 4.78 is 5.55. The quantitative estimate of drug-likeness (QED) is 0.583. The summed E-state index contributed by atoms with van der Waals surface area (Å²) in [6, 6.07) is 7.47. The van der Waals surface area contributed by atoms with Gasteiger partial charge >= 0.3 is 0 Å². The lowest BCUT2D eigenvalue weighted by Crippen LogP contribution is -2.37. The van der Waals surface area contributed by atoms with E-state index in [0.29, 0.717) is 22.2 Å². The van der Waals surface area contributed by atoms with Crippen molar-refractivity contribution in [1.29, 1.82) is 0 Å². The van der Waals surface area contributed by atoms with Gasteiger partial charge in [0.15, 0.2) is 11.7 Å². The SMILES string of the molecule is Cc1ccccc1OCC(=O)NC(=S)Nc1sc2c(c1C(N)=O)CCC(C(C)(C)C)C2. The topological polar surface area (TPSA) is 93.4 Å². The molecule has 31 heavy (non-hydrogen) atoms. The van der Waals surface area contributed by atoms with Crippen LogP contribution in [0.4, 0.5) is 5.00 Å². The van der Waals surface area contributed by atoms with Gasteiger partial charge in [0.25, 0.3) is 11.8 Å². The number of ether oxygens (including phenoxy) is 1. The second-order valence-electron chi connectivity index (χ2n) is 8.93. The van der Waals surface area contributed by atoms with E-state index in [1.54, 1.807) is 6.07 Å². The number of thiocarbonyl (C=S) groups is 1. The summed E-state index contributed by atoms with van der Waals surface area (Å²) in [4.78, 5) is 25.6. The number of thiophene rings is 1. The fraction of sp³-hybridized carbons (Fsp3) is 0.435. The van der Waals surface area contributed by atoms with E-state index >= 15 is 0 Å². The van der Waals surface area contributed by atoms with Gasteiger partial charge < -0.3 is 15.8 Å². The second kappa shape index (κ2) is 9.36. The number of aryl methyl sites for hydroxylation is 1. The molecule has 1 aliphatic rings. The average Bonchev–Trinajstić information content (AvgIpc) is 3.03. The summed E-state index contributed by atoms with van der Waals surface area (Å²) in [7, 11) is 0. The number of anilines is 1. The normalized spacial score (nSPS) is 15.7. The minimum absolute atomic E-state index is 0.117. The number of hydrogen-bond donors (Lipinski definition) is 3. The molecule has 1 aromatic heterocycles. The summed E-state index contributed by atoms with van der Waals surface area (Å²) in [6.07, 6.45) is 2.75. The van der Waals surface area contributed by atoms with Crippen LogP contribution in [0.1, 0.15) is 53.6 Å². The van der Waals surface area contributed by atoms with Crippen LogP contribution >= 0.6 is 23.6 Å². The number of hydrogen-bond acceptors (Lipinski definition) is 5. The molecule has 2 aromatic rings. The number of para-hydroxylation sites is 1. The van der Waals surface area contributed by atoms with Gasteiger partial charge in [-0.05, 0) is 66.9 Å². The molecule has 0 spiro atoms. The Bertz CT molecular complexity index is 1010. The van der Waals surface area contributed by atoms with E-state index in [4.69, 9.17) is 22.7 Å². The molecule has 0 radical (unpaired) electrons. The predicted octanol–water partition coefficient (Wildman–Crippen LogP) is 4.20. The van der Waals surface area contributed by atoms with Gasteiger partial charge in [-0.2, -0.15) is 0 Å². The highest BCUT2D eigenvalue weighted by Gasteiger charge is 2.33. The zero-order valence-electron chi connectivity index (χ0n) is 18.3. The molecule has 1 aliphatic carbocycles. The molecule has 0 saturated heterocycles. The number of nitrogens with one attached hydrogen (secondary N) is 2. The van der Waals surface area contributed by atoms with Crippen LogP contribution in [0.5, 0.6) is 5.75 Å². The fourth-order valence-corrected chi connectivity index (χ4v) is 5.45. The van der Waals surface area contributed by atoms with Crippen molar-refractivity contribution in [2.45, 2.75) is 47.0 Å². The van der Waals surface area contributed by atoms with Crippen LogP contribution in [0.25, 0.3) is 0 Å². The molecule has 8 heteroatoms. The largest absolute Gasteiger partial charge is 0.483 e. The zero-order chi connectivity index (χ0) is 22.8. The maximum absolute atomic E-state index is 12.2. The lowest BCUT2D eigenvalue weighted by molar-refractivity contribution is -0.121. The van der Waals surface area contributed by atoms with Crippen molar-refractivity contribution in [3.63, 3.8) is 0 Å². The highest BCUT2D eigenvalue weighted by molar-refractivity contribution is 7.80. The molecule has 1 heterocycles. The first kappa shape index (κ1) is 23.2. The van der Waals surface area contributed by atoms with Crippen molar-refractivity contribution in [1.82, 2.24) is 5.32 Å². The molecule has 166 valence electrons. The number of carbonyl (C=O) groups is 2. The second-order valence-corrected chi connectivity index (χ2v) is 10.4. The van der Waals surface area contributed by atoms with Crippen molar-refractivity contribution in [3.05, 3.63) is 45.8 Å². The molecule has 1 unspecified atom stereocenters. The Labute approximate surface area is 192 Å². The third-order valence-corrected chi connectivity index (χ3v) is 7.04. The Morgan fingerprint density at radius 2 is 2.00 bits per heavy atom. The molecular formula is C23H29N3O3S2. The molecule has 0 saturated carbocycles. The van der Waals surface area contributed by atoms with Gasteiger partial charge in [0, 0.05) is 4.88 Å². The fourth-order valence-electron chi connectivity index (χ4n) is 3.83. The number of rotatable bonds is 5. The first-order chi connectivity index (χ1) is 14.6. The number of nitrogens with two attached hydrogens (primary N) is 1. The highest BCUT2D eigenvalue weighted by Crippen LogP contribution is 2.44. The number of primary amides is 1. The number of carbonyl (C=O) groups excluding carboxylic acids is 2. The number of amides is 2. The molecule has 2 amide bonds. The van der Waals surface area contributed by atoms with E-state index in [1.807, 2.05) is 25.1 Å². The first-order valence-corrected chi connectivity index (χ1v) is 11.5. The van der Waals surface area contributed by atoms with Crippen LogP contribution in [-0.2, 0) is 17.6 Å². The Kier molecular flexibility index (Phi) is 7.01. The van der Waals surface area contributed by atoms with Crippen molar-refractivity contribution in [2.24, 2.45) is 17.1 Å². The van der Waals surface area contributed by atoms with E-state index in [0.717, 1.165) is 30.4 Å². The molecule has 3 rings (SSSR count). The van der Waals surface area contributed by atoms with Crippen LogP contribution in [-0.4, -0.2) is 23.5 Å². The number of fused-ring (bicyclic) bond motifs is 1. The Morgan fingerprint density at radius 1 is 1.29 bits per heavy atom. The van der Waals surface area contributed by atoms with Gasteiger partial charge in [0.2, 0.25) is 0 Å². The van der Waals surface area contributed by atoms with Crippen LogP contribution in [0.15, 0.2) is 24.3 Å². The van der Waals surface area contributed by atoms with Crippen molar-refractivity contribution >= 4 is 45.5 Å². The Hall–Kier alpha value is -2.45. The molecule has 0 bridgehead atoms. The molecule has 1 atom stereocenters. The zero-order valence-corrected chi connectivity index (χ0v) is 20.0. The van der Waals surface area contributed by atoms with E-state index in [-0.39, 0.29) is 23.0 Å².